The van der Waals surface area contributed by atoms with Crippen LogP contribution < -0.4 is 0 Å². The molecule has 1 aromatic heterocycles. The lowest BCUT2D eigenvalue weighted by Crippen LogP contribution is -2.42. The van der Waals surface area contributed by atoms with Crippen molar-refractivity contribution in [1.29, 1.82) is 0 Å². The average Bonchev–Trinajstić information content (AvgIpc) is 3.36. The number of ether oxygens (including phenoxy) is 1. The number of benzene rings is 1. The highest BCUT2D eigenvalue weighted by Gasteiger charge is 2.41. The van der Waals surface area contributed by atoms with Gasteiger partial charge < -0.3 is 9.64 Å². The Morgan fingerprint density at radius 1 is 1.22 bits per heavy atom. The average molecular weight is 372 g/mol. The zero-order chi connectivity index (χ0) is 19.0. The van der Waals surface area contributed by atoms with E-state index in [4.69, 9.17) is 4.74 Å². The molecule has 2 saturated heterocycles. The predicted molar refractivity (Wildman–Crippen MR) is 90.8 cm³/mol. The molecule has 3 amide bonds. The van der Waals surface area contributed by atoms with Crippen molar-refractivity contribution < 1.29 is 23.5 Å². The maximum Gasteiger partial charge on any atom is 0.417 e. The minimum absolute atomic E-state index is 0.0479. The van der Waals surface area contributed by atoms with E-state index in [9.17, 15) is 18.8 Å². The van der Waals surface area contributed by atoms with Crippen LogP contribution in [0, 0.1) is 5.82 Å². The number of hydrogen-bond donors (Lipinski definition) is 0. The van der Waals surface area contributed by atoms with Gasteiger partial charge in [0.1, 0.15) is 12.4 Å². The van der Waals surface area contributed by atoms with Crippen molar-refractivity contribution in [3.05, 3.63) is 42.5 Å². The molecule has 0 aliphatic carbocycles. The molecule has 3 heterocycles. The number of nitrogens with zero attached hydrogens (tertiary/aromatic N) is 4. The molecule has 2 aliphatic heterocycles. The molecule has 2 fully saturated rings. The number of hydrogen-bond acceptors (Lipinski definition) is 5. The van der Waals surface area contributed by atoms with Gasteiger partial charge in [-0.1, -0.05) is 12.1 Å². The molecule has 140 valence electrons. The van der Waals surface area contributed by atoms with Gasteiger partial charge in [0.2, 0.25) is 5.91 Å². The largest absolute Gasteiger partial charge is 0.439 e. The first-order valence-corrected chi connectivity index (χ1v) is 8.56. The molecule has 2 aliphatic rings. The molecule has 8 nitrogen and oxygen atoms in total. The first-order chi connectivity index (χ1) is 13.0. The highest BCUT2D eigenvalue weighted by molar-refractivity contribution is 5.98. The summed E-state index contributed by atoms with van der Waals surface area (Å²) in [5.74, 6) is -0.827. The van der Waals surface area contributed by atoms with Crippen LogP contribution in [0.4, 0.5) is 9.18 Å². The molecule has 0 saturated carbocycles. The molecule has 27 heavy (non-hydrogen) atoms. The molecule has 1 unspecified atom stereocenters. The molecule has 1 atom stereocenters. The molecular formula is C18H17FN4O4. The molecular weight excluding hydrogens is 355 g/mol. The summed E-state index contributed by atoms with van der Waals surface area (Å²) < 4.78 is 19.3. The fourth-order valence-corrected chi connectivity index (χ4v) is 3.38. The summed E-state index contributed by atoms with van der Waals surface area (Å²) in [6, 6.07) is 5.69. The Hall–Kier alpha value is -3.23. The van der Waals surface area contributed by atoms with Crippen LogP contribution in [0.5, 0.6) is 0 Å². The second kappa shape index (κ2) is 6.82. The Balaban J connectivity index is 1.38. The predicted octanol–water partition coefficient (Wildman–Crippen LogP) is 1.27. The van der Waals surface area contributed by atoms with Gasteiger partial charge in [-0.05, 0) is 24.1 Å². The summed E-state index contributed by atoms with van der Waals surface area (Å²) in [6.07, 6.45) is 3.23. The smallest absolute Gasteiger partial charge is 0.417 e. The van der Waals surface area contributed by atoms with E-state index in [2.05, 4.69) is 5.10 Å². The third-order valence-corrected chi connectivity index (χ3v) is 4.77. The summed E-state index contributed by atoms with van der Waals surface area (Å²) in [7, 11) is 0. The summed E-state index contributed by atoms with van der Waals surface area (Å²) in [5, 5.41) is 4.18. The van der Waals surface area contributed by atoms with Crippen molar-refractivity contribution in [2.75, 3.05) is 19.7 Å². The lowest BCUT2D eigenvalue weighted by molar-refractivity contribution is -0.132. The van der Waals surface area contributed by atoms with Crippen molar-refractivity contribution >= 4 is 17.9 Å². The van der Waals surface area contributed by atoms with Gasteiger partial charge in [0.05, 0.1) is 12.2 Å². The molecule has 2 aromatic rings. The lowest BCUT2D eigenvalue weighted by atomic mass is 10.1. The number of carbonyl (C=O) groups excluding carboxylic acids is 3. The van der Waals surface area contributed by atoms with E-state index in [1.165, 1.54) is 16.8 Å². The first kappa shape index (κ1) is 17.2. The van der Waals surface area contributed by atoms with Gasteiger partial charge in [-0.3, -0.25) is 14.3 Å². The molecule has 0 N–H and O–H groups in total. The highest BCUT2D eigenvalue weighted by atomic mass is 19.1. The van der Waals surface area contributed by atoms with Gasteiger partial charge in [-0.2, -0.15) is 5.10 Å². The quantitative estimate of drug-likeness (QED) is 0.807. The Morgan fingerprint density at radius 2 is 2.00 bits per heavy atom. The minimum atomic E-state index is -0.643. The molecule has 9 heteroatoms. The third-order valence-electron chi connectivity index (χ3n) is 4.77. The Kier molecular flexibility index (Phi) is 4.35. The second-order valence-electron chi connectivity index (χ2n) is 6.53. The van der Waals surface area contributed by atoms with Crippen LogP contribution in [-0.4, -0.2) is 63.2 Å². The van der Waals surface area contributed by atoms with Gasteiger partial charge in [0, 0.05) is 24.8 Å². The van der Waals surface area contributed by atoms with E-state index >= 15 is 0 Å². The molecule has 4 rings (SSSR count). The minimum Gasteiger partial charge on any atom is -0.439 e. The fourth-order valence-electron chi connectivity index (χ4n) is 3.38. The highest BCUT2D eigenvalue weighted by Crippen LogP contribution is 2.21. The first-order valence-electron chi connectivity index (χ1n) is 8.56. The SMILES string of the molecule is O=C(Cn1cc(-c2ccc(F)cc2)cn1)N1CCC(N2C(=O)COC2=O)C1. The summed E-state index contributed by atoms with van der Waals surface area (Å²) >= 11 is 0. The van der Waals surface area contributed by atoms with Crippen molar-refractivity contribution in [2.24, 2.45) is 0 Å². The van der Waals surface area contributed by atoms with Crippen LogP contribution in [0.3, 0.4) is 0 Å². The summed E-state index contributed by atoms with van der Waals surface area (Å²) in [6.45, 7) is 0.577. The van der Waals surface area contributed by atoms with Crippen molar-refractivity contribution in [3.8, 4) is 11.1 Å². The number of likely N-dealkylation sites (tertiary alicyclic amines) is 1. The summed E-state index contributed by atoms with van der Waals surface area (Å²) in [5.41, 5.74) is 1.59. The number of cyclic esters (lactones) is 1. The topological polar surface area (TPSA) is 84.7 Å². The Bertz CT molecular complexity index is 879. The molecule has 0 spiro atoms. The van der Waals surface area contributed by atoms with Gasteiger partial charge in [-0.25, -0.2) is 14.1 Å². The summed E-state index contributed by atoms with van der Waals surface area (Å²) in [4.78, 5) is 38.6. The number of carbonyl (C=O) groups is 3. The van der Waals surface area contributed by atoms with Gasteiger partial charge in [0.15, 0.2) is 6.61 Å². The Morgan fingerprint density at radius 3 is 2.70 bits per heavy atom. The van der Waals surface area contributed by atoms with Gasteiger partial charge in [0.25, 0.3) is 5.91 Å². The molecule has 1 aromatic carbocycles. The van der Waals surface area contributed by atoms with Crippen molar-refractivity contribution in [3.63, 3.8) is 0 Å². The van der Waals surface area contributed by atoms with E-state index in [0.717, 1.165) is 16.0 Å². The van der Waals surface area contributed by atoms with Crippen LogP contribution in [0.15, 0.2) is 36.7 Å². The van der Waals surface area contributed by atoms with Crippen molar-refractivity contribution in [1.82, 2.24) is 19.6 Å². The number of aromatic nitrogens is 2. The van der Waals surface area contributed by atoms with E-state index in [1.54, 1.807) is 29.4 Å². The number of halogens is 1. The Labute approximate surface area is 154 Å². The zero-order valence-corrected chi connectivity index (χ0v) is 14.4. The zero-order valence-electron chi connectivity index (χ0n) is 14.4. The third kappa shape index (κ3) is 3.40. The van der Waals surface area contributed by atoms with Crippen LogP contribution in [0.25, 0.3) is 11.1 Å². The fraction of sp³-hybridized carbons (Fsp3) is 0.333. The normalized spacial score (nSPS) is 19.7. The van der Waals surface area contributed by atoms with Crippen LogP contribution >= 0.6 is 0 Å². The standard InChI is InChI=1S/C18H17FN4O4/c19-14-3-1-12(2-4-14)13-7-20-22(8-13)10-16(24)21-6-5-15(9-21)23-17(25)11-27-18(23)26/h1-4,7-8,15H,5-6,9-11H2. The number of rotatable bonds is 4. The van der Waals surface area contributed by atoms with E-state index < -0.39 is 6.09 Å². The second-order valence-corrected chi connectivity index (χ2v) is 6.53. The lowest BCUT2D eigenvalue weighted by Gasteiger charge is -2.20. The monoisotopic (exact) mass is 372 g/mol. The van der Waals surface area contributed by atoms with Crippen LogP contribution in [0.1, 0.15) is 6.42 Å². The number of imide groups is 1. The maximum absolute atomic E-state index is 13.0. The van der Waals surface area contributed by atoms with Crippen LogP contribution in [0.2, 0.25) is 0 Å². The van der Waals surface area contributed by atoms with E-state index in [0.29, 0.717) is 19.5 Å². The van der Waals surface area contributed by atoms with Gasteiger partial charge >= 0.3 is 6.09 Å². The van der Waals surface area contributed by atoms with Crippen LogP contribution in [-0.2, 0) is 20.9 Å². The van der Waals surface area contributed by atoms with E-state index in [1.807, 2.05) is 0 Å². The number of amides is 3. The van der Waals surface area contributed by atoms with Gasteiger partial charge in [-0.15, -0.1) is 0 Å². The molecule has 0 bridgehead atoms. The molecule has 0 radical (unpaired) electrons. The van der Waals surface area contributed by atoms with E-state index in [-0.39, 0.29) is 36.8 Å². The maximum atomic E-state index is 13.0. The van der Waals surface area contributed by atoms with Crippen molar-refractivity contribution in [2.45, 2.75) is 19.0 Å².